The Labute approximate surface area is 199 Å². The standard InChI is InChI=1S/C27H29N3O4/c31-26(20-28-22-14-12-21(13-15-22)27(32)30-16-6-7-17-30)29-24-10-4-5-11-25(24)34-19-18-33-23-8-2-1-3-9-23/h1-5,8-15,28H,6-7,16-20H2,(H,29,31). The maximum Gasteiger partial charge on any atom is 0.253 e. The summed E-state index contributed by atoms with van der Waals surface area (Å²) in [7, 11) is 0. The van der Waals surface area contributed by atoms with Crippen LogP contribution < -0.4 is 20.1 Å². The van der Waals surface area contributed by atoms with Crippen LogP contribution in [0, 0.1) is 0 Å². The second-order valence-electron chi connectivity index (χ2n) is 7.98. The summed E-state index contributed by atoms with van der Waals surface area (Å²) in [6, 6.07) is 24.1. The number of carbonyl (C=O) groups excluding carboxylic acids is 2. The van der Waals surface area contributed by atoms with Crippen LogP contribution in [0.1, 0.15) is 23.2 Å². The van der Waals surface area contributed by atoms with E-state index >= 15 is 0 Å². The van der Waals surface area contributed by atoms with E-state index in [0.717, 1.165) is 37.4 Å². The normalized spacial score (nSPS) is 12.8. The van der Waals surface area contributed by atoms with Gasteiger partial charge in [0.25, 0.3) is 5.91 Å². The van der Waals surface area contributed by atoms with Gasteiger partial charge in [0.15, 0.2) is 0 Å². The Balaban J connectivity index is 1.23. The number of nitrogens with zero attached hydrogens (tertiary/aromatic N) is 1. The Kier molecular flexibility index (Phi) is 8.00. The number of rotatable bonds is 10. The first-order valence-electron chi connectivity index (χ1n) is 11.5. The molecule has 176 valence electrons. The summed E-state index contributed by atoms with van der Waals surface area (Å²) < 4.78 is 11.4. The monoisotopic (exact) mass is 459 g/mol. The highest BCUT2D eigenvalue weighted by Crippen LogP contribution is 2.24. The van der Waals surface area contributed by atoms with Gasteiger partial charge in [0, 0.05) is 24.3 Å². The van der Waals surface area contributed by atoms with E-state index in [9.17, 15) is 9.59 Å². The van der Waals surface area contributed by atoms with Crippen molar-refractivity contribution in [3.05, 3.63) is 84.4 Å². The van der Waals surface area contributed by atoms with Gasteiger partial charge < -0.3 is 25.0 Å². The fourth-order valence-corrected chi connectivity index (χ4v) is 3.73. The Morgan fingerprint density at radius 2 is 1.47 bits per heavy atom. The fraction of sp³-hybridized carbons (Fsp3) is 0.259. The molecule has 0 bridgehead atoms. The predicted octanol–water partition coefficient (Wildman–Crippen LogP) is 4.43. The van der Waals surface area contributed by atoms with Crippen LogP contribution in [0.25, 0.3) is 0 Å². The minimum Gasteiger partial charge on any atom is -0.490 e. The van der Waals surface area contributed by atoms with E-state index in [0.29, 0.717) is 30.2 Å². The SMILES string of the molecule is O=C(CNc1ccc(C(=O)N2CCCC2)cc1)Nc1ccccc1OCCOc1ccccc1. The van der Waals surface area contributed by atoms with Gasteiger partial charge in [-0.25, -0.2) is 0 Å². The molecule has 3 aromatic carbocycles. The molecular weight excluding hydrogens is 430 g/mol. The van der Waals surface area contributed by atoms with Gasteiger partial charge in [-0.3, -0.25) is 9.59 Å². The molecule has 1 saturated heterocycles. The van der Waals surface area contributed by atoms with E-state index in [2.05, 4.69) is 10.6 Å². The van der Waals surface area contributed by atoms with Crippen LogP contribution in [-0.2, 0) is 4.79 Å². The van der Waals surface area contributed by atoms with Crippen molar-refractivity contribution in [2.45, 2.75) is 12.8 Å². The highest BCUT2D eigenvalue weighted by molar-refractivity contribution is 5.96. The van der Waals surface area contributed by atoms with Crippen LogP contribution >= 0.6 is 0 Å². The number of amides is 2. The van der Waals surface area contributed by atoms with Crippen LogP contribution in [0.2, 0.25) is 0 Å². The molecule has 0 aliphatic carbocycles. The predicted molar refractivity (Wildman–Crippen MR) is 133 cm³/mol. The molecule has 0 aromatic heterocycles. The van der Waals surface area contributed by atoms with Crippen molar-refractivity contribution >= 4 is 23.2 Å². The summed E-state index contributed by atoms with van der Waals surface area (Å²) in [5.74, 6) is 1.23. The van der Waals surface area contributed by atoms with Crippen LogP contribution in [0.4, 0.5) is 11.4 Å². The van der Waals surface area contributed by atoms with Crippen LogP contribution in [0.15, 0.2) is 78.9 Å². The molecule has 0 radical (unpaired) electrons. The number of nitrogens with one attached hydrogen (secondary N) is 2. The third kappa shape index (κ3) is 6.51. The summed E-state index contributed by atoms with van der Waals surface area (Å²) in [6.45, 7) is 2.48. The number of carbonyl (C=O) groups is 2. The van der Waals surface area contributed by atoms with Crippen molar-refractivity contribution in [2.24, 2.45) is 0 Å². The number of likely N-dealkylation sites (tertiary alicyclic amines) is 1. The molecule has 0 unspecified atom stereocenters. The lowest BCUT2D eigenvalue weighted by Crippen LogP contribution is -2.27. The number of hydrogen-bond donors (Lipinski definition) is 2. The van der Waals surface area contributed by atoms with Gasteiger partial charge in [0.05, 0.1) is 12.2 Å². The van der Waals surface area contributed by atoms with Gasteiger partial charge in [-0.1, -0.05) is 30.3 Å². The minimum absolute atomic E-state index is 0.0626. The molecule has 4 rings (SSSR count). The Bertz CT molecular complexity index is 1080. The van der Waals surface area contributed by atoms with Crippen molar-refractivity contribution in [3.8, 4) is 11.5 Å². The first-order valence-corrected chi connectivity index (χ1v) is 11.5. The summed E-state index contributed by atoms with van der Waals surface area (Å²) in [5.41, 5.74) is 2.04. The molecular formula is C27H29N3O4. The maximum atomic E-state index is 12.5. The quantitative estimate of drug-likeness (QED) is 0.439. The molecule has 1 fully saturated rings. The highest BCUT2D eigenvalue weighted by atomic mass is 16.5. The van der Waals surface area contributed by atoms with E-state index < -0.39 is 0 Å². The van der Waals surface area contributed by atoms with Gasteiger partial charge in [0.1, 0.15) is 24.7 Å². The molecule has 1 heterocycles. The second kappa shape index (κ2) is 11.7. The van der Waals surface area contributed by atoms with E-state index in [-0.39, 0.29) is 18.4 Å². The molecule has 1 aliphatic heterocycles. The average molecular weight is 460 g/mol. The van der Waals surface area contributed by atoms with Gasteiger partial charge >= 0.3 is 0 Å². The van der Waals surface area contributed by atoms with E-state index in [1.165, 1.54) is 0 Å². The molecule has 0 spiro atoms. The molecule has 7 nitrogen and oxygen atoms in total. The highest BCUT2D eigenvalue weighted by Gasteiger charge is 2.19. The van der Waals surface area contributed by atoms with Crippen molar-refractivity contribution < 1.29 is 19.1 Å². The first kappa shape index (κ1) is 23.2. The molecule has 3 aromatic rings. The Hall–Kier alpha value is -4.00. The Morgan fingerprint density at radius 1 is 0.794 bits per heavy atom. The lowest BCUT2D eigenvalue weighted by molar-refractivity contribution is -0.114. The molecule has 2 N–H and O–H groups in total. The topological polar surface area (TPSA) is 79.9 Å². The van der Waals surface area contributed by atoms with Crippen LogP contribution in [-0.4, -0.2) is 49.6 Å². The number of para-hydroxylation sites is 3. The number of anilines is 2. The molecule has 34 heavy (non-hydrogen) atoms. The fourth-order valence-electron chi connectivity index (χ4n) is 3.73. The minimum atomic E-state index is -0.200. The Morgan fingerprint density at radius 3 is 2.24 bits per heavy atom. The van der Waals surface area contributed by atoms with Crippen molar-refractivity contribution in [2.75, 3.05) is 43.5 Å². The van der Waals surface area contributed by atoms with Gasteiger partial charge in [0.2, 0.25) is 5.91 Å². The lowest BCUT2D eigenvalue weighted by Gasteiger charge is -2.15. The molecule has 7 heteroatoms. The average Bonchev–Trinajstić information content (AvgIpc) is 3.42. The zero-order valence-corrected chi connectivity index (χ0v) is 19.0. The smallest absolute Gasteiger partial charge is 0.253 e. The van der Waals surface area contributed by atoms with Crippen molar-refractivity contribution in [3.63, 3.8) is 0 Å². The summed E-state index contributed by atoms with van der Waals surface area (Å²) >= 11 is 0. The van der Waals surface area contributed by atoms with Crippen molar-refractivity contribution in [1.29, 1.82) is 0 Å². The zero-order chi connectivity index (χ0) is 23.6. The number of hydrogen-bond acceptors (Lipinski definition) is 5. The van der Waals surface area contributed by atoms with Gasteiger partial charge in [-0.2, -0.15) is 0 Å². The van der Waals surface area contributed by atoms with Gasteiger partial charge in [-0.15, -0.1) is 0 Å². The van der Waals surface area contributed by atoms with E-state index in [1.54, 1.807) is 18.2 Å². The maximum absolute atomic E-state index is 12.5. The molecule has 2 amide bonds. The summed E-state index contributed by atoms with van der Waals surface area (Å²) in [5, 5.41) is 5.97. The summed E-state index contributed by atoms with van der Waals surface area (Å²) in [4.78, 5) is 26.8. The molecule has 0 atom stereocenters. The van der Waals surface area contributed by atoms with Crippen LogP contribution in [0.5, 0.6) is 11.5 Å². The zero-order valence-electron chi connectivity index (χ0n) is 19.0. The first-order chi connectivity index (χ1) is 16.7. The third-order valence-corrected chi connectivity index (χ3v) is 5.49. The largest absolute Gasteiger partial charge is 0.490 e. The number of ether oxygens (including phenoxy) is 2. The summed E-state index contributed by atoms with van der Waals surface area (Å²) in [6.07, 6.45) is 2.13. The van der Waals surface area contributed by atoms with E-state index in [1.807, 2.05) is 65.6 Å². The number of benzene rings is 3. The van der Waals surface area contributed by atoms with Crippen molar-refractivity contribution in [1.82, 2.24) is 4.90 Å². The second-order valence-corrected chi connectivity index (χ2v) is 7.98. The van der Waals surface area contributed by atoms with Gasteiger partial charge in [-0.05, 0) is 61.4 Å². The van der Waals surface area contributed by atoms with Crippen LogP contribution in [0.3, 0.4) is 0 Å². The van der Waals surface area contributed by atoms with E-state index in [4.69, 9.17) is 9.47 Å². The molecule has 1 aliphatic rings. The third-order valence-electron chi connectivity index (χ3n) is 5.49. The lowest BCUT2D eigenvalue weighted by atomic mass is 10.2. The molecule has 0 saturated carbocycles.